The summed E-state index contributed by atoms with van der Waals surface area (Å²) in [6, 6.07) is 12.5. The average Bonchev–Trinajstić information content (AvgIpc) is 2.65. The molecular formula is C24H32O3. The average molecular weight is 369 g/mol. The van der Waals surface area contributed by atoms with E-state index in [2.05, 4.69) is 45.0 Å². The Kier molecular flexibility index (Phi) is 8.38. The van der Waals surface area contributed by atoms with Gasteiger partial charge in [0.05, 0.1) is 0 Å². The Balaban J connectivity index is 2.56. The minimum Gasteiger partial charge on any atom is -0.449 e. The van der Waals surface area contributed by atoms with Gasteiger partial charge in [-0.3, -0.25) is 0 Å². The summed E-state index contributed by atoms with van der Waals surface area (Å²) in [5.41, 5.74) is 6.16. The highest BCUT2D eigenvalue weighted by Crippen LogP contribution is 2.36. The normalized spacial score (nSPS) is 10.8. The number of benzene rings is 2. The van der Waals surface area contributed by atoms with Crippen LogP contribution >= 0.6 is 0 Å². The lowest BCUT2D eigenvalue weighted by molar-refractivity contribution is 0.144. The number of hydrogen-bond donors (Lipinski definition) is 1. The van der Waals surface area contributed by atoms with Gasteiger partial charge in [-0.15, -0.1) is 0 Å². The van der Waals surface area contributed by atoms with Gasteiger partial charge in [0, 0.05) is 0 Å². The highest BCUT2D eigenvalue weighted by atomic mass is 16.7. The van der Waals surface area contributed by atoms with Crippen LogP contribution in [0.5, 0.6) is 5.75 Å². The van der Waals surface area contributed by atoms with E-state index in [4.69, 9.17) is 9.84 Å². The molecule has 0 aliphatic heterocycles. The lowest BCUT2D eigenvalue weighted by Gasteiger charge is -2.19. The molecule has 0 aliphatic carbocycles. The van der Waals surface area contributed by atoms with Crippen LogP contribution < -0.4 is 4.74 Å². The molecule has 2 aromatic rings. The molecule has 0 aliphatic rings. The van der Waals surface area contributed by atoms with E-state index >= 15 is 0 Å². The predicted molar refractivity (Wildman–Crippen MR) is 112 cm³/mol. The molecule has 0 heterocycles. The van der Waals surface area contributed by atoms with E-state index in [0.29, 0.717) is 5.75 Å². The maximum atomic E-state index is 11.1. The lowest BCUT2D eigenvalue weighted by Crippen LogP contribution is -2.08. The summed E-state index contributed by atoms with van der Waals surface area (Å²) in [7, 11) is 0. The van der Waals surface area contributed by atoms with E-state index in [0.717, 1.165) is 37.7 Å². The Morgan fingerprint density at radius 3 is 2.19 bits per heavy atom. The summed E-state index contributed by atoms with van der Waals surface area (Å²) in [5, 5.41) is 9.11. The molecule has 1 N–H and O–H groups in total. The molecule has 0 aromatic heterocycles. The van der Waals surface area contributed by atoms with Gasteiger partial charge in [-0.1, -0.05) is 76.8 Å². The smallest absolute Gasteiger partial charge is 0.449 e. The minimum atomic E-state index is -1.25. The SMILES string of the molecule is CCCCCc1ccccc1-c1ccc(OC(=O)O)c(CCC)c1CCC. The first-order chi connectivity index (χ1) is 13.1. The quantitative estimate of drug-likeness (QED) is 0.278. The van der Waals surface area contributed by atoms with Gasteiger partial charge in [0.1, 0.15) is 5.75 Å². The van der Waals surface area contributed by atoms with Crippen molar-refractivity contribution < 1.29 is 14.6 Å². The van der Waals surface area contributed by atoms with Crippen LogP contribution in [0.25, 0.3) is 11.1 Å². The van der Waals surface area contributed by atoms with E-state index in [-0.39, 0.29) is 0 Å². The zero-order chi connectivity index (χ0) is 19.6. The number of ether oxygens (including phenoxy) is 1. The Hall–Kier alpha value is -2.29. The van der Waals surface area contributed by atoms with Crippen molar-refractivity contribution in [1.29, 1.82) is 0 Å². The summed E-state index contributed by atoms with van der Waals surface area (Å²) in [6.07, 6.45) is 7.18. The first kappa shape index (κ1) is 21.0. The molecule has 3 nitrogen and oxygen atoms in total. The molecule has 27 heavy (non-hydrogen) atoms. The van der Waals surface area contributed by atoms with Gasteiger partial charge in [0.15, 0.2) is 0 Å². The predicted octanol–water partition coefficient (Wildman–Crippen LogP) is 7.05. The topological polar surface area (TPSA) is 46.5 Å². The van der Waals surface area contributed by atoms with Gasteiger partial charge in [-0.2, -0.15) is 0 Å². The van der Waals surface area contributed by atoms with Crippen LogP contribution in [0.2, 0.25) is 0 Å². The third-order valence-electron chi connectivity index (χ3n) is 4.94. The highest BCUT2D eigenvalue weighted by Gasteiger charge is 2.18. The Morgan fingerprint density at radius 2 is 1.52 bits per heavy atom. The summed E-state index contributed by atoms with van der Waals surface area (Å²) >= 11 is 0. The van der Waals surface area contributed by atoms with Crippen LogP contribution in [-0.2, 0) is 19.3 Å². The van der Waals surface area contributed by atoms with E-state index < -0.39 is 6.16 Å². The fourth-order valence-corrected chi connectivity index (χ4v) is 3.74. The largest absolute Gasteiger partial charge is 0.511 e. The van der Waals surface area contributed by atoms with Crippen molar-refractivity contribution in [3.63, 3.8) is 0 Å². The molecule has 0 bridgehead atoms. The molecular weight excluding hydrogens is 336 g/mol. The molecule has 2 rings (SSSR count). The summed E-state index contributed by atoms with van der Waals surface area (Å²) < 4.78 is 5.10. The monoisotopic (exact) mass is 368 g/mol. The number of hydrogen-bond acceptors (Lipinski definition) is 2. The standard InChI is InChI=1S/C24H32O3/c1-4-7-8-13-18-14-9-10-15-19(18)21-16-17-23(27-24(25)26)22(12-6-3)20(21)11-5-2/h9-10,14-17H,4-8,11-13H2,1-3H3,(H,25,26). The molecule has 0 amide bonds. The maximum absolute atomic E-state index is 11.1. The minimum absolute atomic E-state index is 0.486. The van der Waals surface area contributed by atoms with Crippen LogP contribution in [0.15, 0.2) is 36.4 Å². The Labute approximate surface area is 163 Å². The van der Waals surface area contributed by atoms with Crippen LogP contribution in [0.1, 0.15) is 69.6 Å². The molecule has 0 fully saturated rings. The molecule has 2 aromatic carbocycles. The molecule has 3 heteroatoms. The maximum Gasteiger partial charge on any atom is 0.511 e. The molecule has 0 unspecified atom stereocenters. The lowest BCUT2D eigenvalue weighted by atomic mass is 9.87. The van der Waals surface area contributed by atoms with E-state index in [1.807, 2.05) is 12.1 Å². The zero-order valence-electron chi connectivity index (χ0n) is 16.9. The second-order valence-corrected chi connectivity index (χ2v) is 7.05. The molecule has 0 spiro atoms. The highest BCUT2D eigenvalue weighted by molar-refractivity contribution is 5.74. The first-order valence-electron chi connectivity index (χ1n) is 10.3. The summed E-state index contributed by atoms with van der Waals surface area (Å²) in [5.74, 6) is 0.486. The van der Waals surface area contributed by atoms with Crippen molar-refractivity contribution in [2.24, 2.45) is 0 Å². The summed E-state index contributed by atoms with van der Waals surface area (Å²) in [4.78, 5) is 11.1. The van der Waals surface area contributed by atoms with Gasteiger partial charge in [0.2, 0.25) is 0 Å². The van der Waals surface area contributed by atoms with Crippen LogP contribution in [-0.4, -0.2) is 11.3 Å². The van der Waals surface area contributed by atoms with Crippen molar-refractivity contribution in [2.45, 2.75) is 72.1 Å². The van der Waals surface area contributed by atoms with Crippen molar-refractivity contribution in [1.82, 2.24) is 0 Å². The number of rotatable bonds is 10. The van der Waals surface area contributed by atoms with E-state index in [1.54, 1.807) is 0 Å². The molecule has 0 atom stereocenters. The van der Waals surface area contributed by atoms with Gasteiger partial charge in [-0.25, -0.2) is 4.79 Å². The first-order valence-corrected chi connectivity index (χ1v) is 10.3. The third-order valence-corrected chi connectivity index (χ3v) is 4.94. The van der Waals surface area contributed by atoms with Gasteiger partial charge >= 0.3 is 6.16 Å². The molecule has 146 valence electrons. The second-order valence-electron chi connectivity index (χ2n) is 7.05. The van der Waals surface area contributed by atoms with Crippen LogP contribution in [0.4, 0.5) is 4.79 Å². The van der Waals surface area contributed by atoms with Crippen molar-refractivity contribution >= 4 is 6.16 Å². The van der Waals surface area contributed by atoms with Crippen molar-refractivity contribution in [3.05, 3.63) is 53.1 Å². The van der Waals surface area contributed by atoms with Gasteiger partial charge in [0.25, 0.3) is 0 Å². The van der Waals surface area contributed by atoms with Crippen LogP contribution in [0, 0.1) is 0 Å². The fraction of sp³-hybridized carbons (Fsp3) is 0.458. The van der Waals surface area contributed by atoms with Gasteiger partial charge < -0.3 is 9.84 Å². The number of carbonyl (C=O) groups is 1. The zero-order valence-corrected chi connectivity index (χ0v) is 16.9. The number of aryl methyl sites for hydroxylation is 1. The number of carboxylic acid groups (broad SMARTS) is 1. The van der Waals surface area contributed by atoms with Crippen molar-refractivity contribution in [3.8, 4) is 16.9 Å². The number of unbranched alkanes of at least 4 members (excludes halogenated alkanes) is 2. The molecule has 0 saturated heterocycles. The van der Waals surface area contributed by atoms with E-state index in [1.165, 1.54) is 41.5 Å². The Morgan fingerprint density at radius 1 is 0.815 bits per heavy atom. The second kappa shape index (κ2) is 10.8. The van der Waals surface area contributed by atoms with E-state index in [9.17, 15) is 4.79 Å². The molecule has 0 saturated carbocycles. The van der Waals surface area contributed by atoms with Crippen molar-refractivity contribution in [2.75, 3.05) is 0 Å². The molecule has 0 radical (unpaired) electrons. The summed E-state index contributed by atoms with van der Waals surface area (Å²) in [6.45, 7) is 6.51. The van der Waals surface area contributed by atoms with Crippen LogP contribution in [0.3, 0.4) is 0 Å². The van der Waals surface area contributed by atoms with Gasteiger partial charge in [-0.05, 0) is 59.6 Å². The fourth-order valence-electron chi connectivity index (χ4n) is 3.74. The third kappa shape index (κ3) is 5.59. The Bertz CT molecular complexity index is 749.